The third-order valence-corrected chi connectivity index (χ3v) is 5.96. The highest BCUT2D eigenvalue weighted by Gasteiger charge is 2.34. The van der Waals surface area contributed by atoms with Crippen molar-refractivity contribution in [2.24, 2.45) is 5.92 Å². The maximum Gasteiger partial charge on any atom is 0.408 e. The molecular weight excluding hydrogens is 520 g/mol. The summed E-state index contributed by atoms with van der Waals surface area (Å²) in [6, 6.07) is 5.85. The number of benzene rings is 1. The van der Waals surface area contributed by atoms with E-state index in [0.717, 1.165) is 5.56 Å². The normalized spacial score (nSPS) is 14.9. The van der Waals surface area contributed by atoms with Crippen molar-refractivity contribution in [1.82, 2.24) is 21.3 Å². The number of amides is 4. The van der Waals surface area contributed by atoms with Crippen molar-refractivity contribution in [3.8, 4) is 0 Å². The number of methoxy groups -OCH3 is 1. The molecule has 0 radical (unpaired) electrons. The van der Waals surface area contributed by atoms with Gasteiger partial charge in [0.15, 0.2) is 0 Å². The van der Waals surface area contributed by atoms with E-state index in [2.05, 4.69) is 26.0 Å². The summed E-state index contributed by atoms with van der Waals surface area (Å²) in [6.07, 6.45) is -1.04. The second-order valence-corrected chi connectivity index (χ2v) is 10.5. The molecule has 0 unspecified atom stereocenters. The van der Waals surface area contributed by atoms with Gasteiger partial charge in [0.05, 0.1) is 18.8 Å². The van der Waals surface area contributed by atoms with Crippen LogP contribution in [-0.4, -0.2) is 73.3 Å². The number of carbonyl (C=O) groups is 5. The summed E-state index contributed by atoms with van der Waals surface area (Å²) >= 11 is 0. The Balaban J connectivity index is 2.92. The summed E-state index contributed by atoms with van der Waals surface area (Å²) in [6.45, 7) is 11.8. The maximum atomic E-state index is 13.2. The molecule has 0 saturated heterocycles. The molecule has 0 aliphatic heterocycles. The van der Waals surface area contributed by atoms with Gasteiger partial charge in [0.25, 0.3) is 0 Å². The molecular formula is C28H44N4O8. The first-order valence-electron chi connectivity index (χ1n) is 13.3. The molecule has 1 aromatic carbocycles. The highest BCUT2D eigenvalue weighted by molar-refractivity contribution is 5.94. The van der Waals surface area contributed by atoms with E-state index in [9.17, 15) is 24.0 Å². The van der Waals surface area contributed by atoms with Crippen LogP contribution in [0.5, 0.6) is 0 Å². The molecule has 40 heavy (non-hydrogen) atoms. The number of rotatable bonds is 14. The SMILES string of the molecule is CC[C@H](C)[C@H](NC(=O)[C@H](C)NC(=O)[C@@H](NC(=O)OCc1ccccc1)[C@@H](C)OC(C)(C)C)C(=O)NCC(=O)OC. The van der Waals surface area contributed by atoms with Crippen molar-refractivity contribution in [3.05, 3.63) is 35.9 Å². The zero-order chi connectivity index (χ0) is 30.5. The van der Waals surface area contributed by atoms with E-state index >= 15 is 0 Å². The number of nitrogens with one attached hydrogen (secondary N) is 4. The number of alkyl carbamates (subject to hydrolysis) is 1. The molecule has 0 saturated carbocycles. The number of esters is 1. The lowest BCUT2D eigenvalue weighted by Gasteiger charge is -2.31. The lowest BCUT2D eigenvalue weighted by atomic mass is 9.98. The van der Waals surface area contributed by atoms with Gasteiger partial charge >= 0.3 is 12.1 Å². The van der Waals surface area contributed by atoms with Crippen LogP contribution in [0.3, 0.4) is 0 Å². The number of hydrogen-bond donors (Lipinski definition) is 4. The van der Waals surface area contributed by atoms with Gasteiger partial charge in [0.2, 0.25) is 17.7 Å². The predicted octanol–water partition coefficient (Wildman–Crippen LogP) is 1.81. The highest BCUT2D eigenvalue weighted by Crippen LogP contribution is 2.14. The Morgan fingerprint density at radius 3 is 2.02 bits per heavy atom. The van der Waals surface area contributed by atoms with Gasteiger partial charge in [-0.15, -0.1) is 0 Å². The molecule has 224 valence electrons. The topological polar surface area (TPSA) is 161 Å². The Kier molecular flexibility index (Phi) is 14.1. The first-order chi connectivity index (χ1) is 18.7. The van der Waals surface area contributed by atoms with Gasteiger partial charge in [-0.3, -0.25) is 19.2 Å². The van der Waals surface area contributed by atoms with Crippen LogP contribution >= 0.6 is 0 Å². The summed E-state index contributed by atoms with van der Waals surface area (Å²) in [5, 5.41) is 10.2. The van der Waals surface area contributed by atoms with Crippen molar-refractivity contribution in [1.29, 1.82) is 0 Å². The smallest absolute Gasteiger partial charge is 0.408 e. The molecule has 0 aliphatic rings. The zero-order valence-electron chi connectivity index (χ0n) is 24.7. The van der Waals surface area contributed by atoms with Crippen LogP contribution in [0.25, 0.3) is 0 Å². The minimum atomic E-state index is -1.19. The van der Waals surface area contributed by atoms with Gasteiger partial charge in [-0.05, 0) is 46.1 Å². The van der Waals surface area contributed by atoms with Crippen LogP contribution in [0, 0.1) is 5.92 Å². The fraction of sp³-hybridized carbons (Fsp3) is 0.607. The van der Waals surface area contributed by atoms with Gasteiger partial charge in [-0.1, -0.05) is 50.6 Å². The Labute approximate surface area is 236 Å². The van der Waals surface area contributed by atoms with E-state index in [1.54, 1.807) is 26.0 Å². The Morgan fingerprint density at radius 1 is 0.850 bits per heavy atom. The summed E-state index contributed by atoms with van der Waals surface area (Å²) in [7, 11) is 1.20. The van der Waals surface area contributed by atoms with Crippen LogP contribution in [0.4, 0.5) is 4.79 Å². The highest BCUT2D eigenvalue weighted by atomic mass is 16.6. The standard InChI is InChI=1S/C28H44N4O8/c1-9-17(2)22(25(35)29-15-21(33)38-8)31-24(34)18(3)30-26(36)23(19(4)40-28(5,6)7)32-27(37)39-16-20-13-11-10-12-14-20/h10-14,17-19,22-23H,9,15-16H2,1-8H3,(H,29,35)(H,30,36)(H,31,34)(H,32,37)/t17-,18-,19+,22-,23-/m0/s1. The number of hydrogen-bond acceptors (Lipinski definition) is 8. The molecule has 12 nitrogen and oxygen atoms in total. The molecule has 0 spiro atoms. The summed E-state index contributed by atoms with van der Waals surface area (Å²) in [5.41, 5.74) is 0.145. The van der Waals surface area contributed by atoms with Crippen LogP contribution in [-0.2, 0) is 40.0 Å². The van der Waals surface area contributed by atoms with E-state index < -0.39 is 59.6 Å². The molecule has 5 atom stereocenters. The summed E-state index contributed by atoms with van der Waals surface area (Å²) in [4.78, 5) is 62.8. The summed E-state index contributed by atoms with van der Waals surface area (Å²) < 4.78 is 15.7. The lowest BCUT2D eigenvalue weighted by molar-refractivity contribution is -0.141. The first kappa shape index (κ1) is 34.4. The van der Waals surface area contributed by atoms with Crippen molar-refractivity contribution in [3.63, 3.8) is 0 Å². The Hall–Kier alpha value is -3.67. The third kappa shape index (κ3) is 12.5. The average molecular weight is 565 g/mol. The van der Waals surface area contributed by atoms with E-state index in [0.29, 0.717) is 6.42 Å². The molecule has 1 rings (SSSR count). The molecule has 0 bridgehead atoms. The number of ether oxygens (including phenoxy) is 3. The van der Waals surface area contributed by atoms with Crippen molar-refractivity contribution in [2.75, 3.05) is 13.7 Å². The van der Waals surface area contributed by atoms with Crippen LogP contribution < -0.4 is 21.3 Å². The van der Waals surface area contributed by atoms with E-state index in [-0.39, 0.29) is 19.1 Å². The van der Waals surface area contributed by atoms with Gasteiger partial charge in [0, 0.05) is 0 Å². The predicted molar refractivity (Wildman–Crippen MR) is 148 cm³/mol. The average Bonchev–Trinajstić information content (AvgIpc) is 2.90. The molecule has 0 fully saturated rings. The fourth-order valence-electron chi connectivity index (χ4n) is 3.60. The van der Waals surface area contributed by atoms with E-state index in [4.69, 9.17) is 9.47 Å². The molecule has 0 aromatic heterocycles. The largest absolute Gasteiger partial charge is 0.468 e. The molecule has 4 amide bonds. The van der Waals surface area contributed by atoms with Crippen LogP contribution in [0.15, 0.2) is 30.3 Å². The monoisotopic (exact) mass is 564 g/mol. The van der Waals surface area contributed by atoms with Crippen LogP contribution in [0.1, 0.15) is 60.5 Å². The third-order valence-electron chi connectivity index (χ3n) is 5.96. The fourth-order valence-corrected chi connectivity index (χ4v) is 3.60. The van der Waals surface area contributed by atoms with Gasteiger partial charge in [-0.2, -0.15) is 0 Å². The molecule has 0 heterocycles. The molecule has 0 aliphatic carbocycles. The second kappa shape index (κ2) is 16.4. The van der Waals surface area contributed by atoms with Gasteiger partial charge in [0.1, 0.15) is 31.3 Å². The number of carbonyl (C=O) groups excluding carboxylic acids is 5. The van der Waals surface area contributed by atoms with Crippen molar-refractivity contribution in [2.45, 2.75) is 91.3 Å². The zero-order valence-corrected chi connectivity index (χ0v) is 24.7. The first-order valence-corrected chi connectivity index (χ1v) is 13.3. The van der Waals surface area contributed by atoms with Crippen molar-refractivity contribution < 1.29 is 38.2 Å². The van der Waals surface area contributed by atoms with Crippen molar-refractivity contribution >= 4 is 29.8 Å². The van der Waals surface area contributed by atoms with E-state index in [1.807, 2.05) is 45.9 Å². The minimum Gasteiger partial charge on any atom is -0.468 e. The maximum absolute atomic E-state index is 13.2. The van der Waals surface area contributed by atoms with Gasteiger partial charge in [-0.25, -0.2) is 4.79 Å². The summed E-state index contributed by atoms with van der Waals surface area (Å²) in [5.74, 6) is -2.75. The molecule has 12 heteroatoms. The molecule has 1 aromatic rings. The lowest BCUT2D eigenvalue weighted by Crippen LogP contribution is -2.59. The second-order valence-electron chi connectivity index (χ2n) is 10.5. The Bertz CT molecular complexity index is 996. The minimum absolute atomic E-state index is 0.00335. The van der Waals surface area contributed by atoms with E-state index in [1.165, 1.54) is 14.0 Å². The molecule has 4 N–H and O–H groups in total. The Morgan fingerprint density at radius 2 is 1.48 bits per heavy atom. The quantitative estimate of drug-likeness (QED) is 0.249. The van der Waals surface area contributed by atoms with Crippen LogP contribution in [0.2, 0.25) is 0 Å². The van der Waals surface area contributed by atoms with Gasteiger partial charge < -0.3 is 35.5 Å².